The van der Waals surface area contributed by atoms with Crippen LogP contribution in [0.4, 0.5) is 5.69 Å². The van der Waals surface area contributed by atoms with Crippen LogP contribution in [0, 0.1) is 0 Å². The maximum absolute atomic E-state index is 6.11. The van der Waals surface area contributed by atoms with Gasteiger partial charge in [0.15, 0.2) is 0 Å². The number of anilines is 1. The van der Waals surface area contributed by atoms with Gasteiger partial charge >= 0.3 is 0 Å². The summed E-state index contributed by atoms with van der Waals surface area (Å²) in [6.45, 7) is 4.82. The smallest absolute Gasteiger partial charge is 0.142 e. The first kappa shape index (κ1) is 15.7. The van der Waals surface area contributed by atoms with E-state index in [4.69, 9.17) is 16.3 Å². The number of benzene rings is 2. The molecule has 0 radical (unpaired) electrons. The van der Waals surface area contributed by atoms with Gasteiger partial charge in [-0.15, -0.1) is 0 Å². The van der Waals surface area contributed by atoms with E-state index in [1.54, 1.807) is 0 Å². The minimum Gasteiger partial charge on any atom is -0.492 e. The maximum atomic E-state index is 6.11. The molecule has 0 aliphatic rings. The van der Waals surface area contributed by atoms with Crippen LogP contribution in [0.2, 0.25) is 5.02 Å². The van der Waals surface area contributed by atoms with Crippen molar-refractivity contribution in [1.82, 2.24) is 0 Å². The van der Waals surface area contributed by atoms with Crippen LogP contribution in [0.1, 0.15) is 25.8 Å². The zero-order valence-corrected chi connectivity index (χ0v) is 13.4. The van der Waals surface area contributed by atoms with Crippen LogP contribution in [-0.4, -0.2) is 12.6 Å². The molecule has 112 valence electrons. The molecule has 2 aromatic carbocycles. The Balaban J connectivity index is 2.12. The van der Waals surface area contributed by atoms with Crippen LogP contribution in [0.3, 0.4) is 0 Å². The van der Waals surface area contributed by atoms with Gasteiger partial charge in [0.25, 0.3) is 0 Å². The predicted octanol–water partition coefficient (Wildman–Crippen LogP) is 5.17. The molecule has 0 fully saturated rings. The van der Waals surface area contributed by atoms with Crippen LogP contribution in [0.25, 0.3) is 0 Å². The average Bonchev–Trinajstić information content (AvgIpc) is 2.50. The molecular formula is C18H22ClNO. The third-order valence-electron chi connectivity index (χ3n) is 3.42. The molecule has 1 atom stereocenters. The third-order valence-corrected chi connectivity index (χ3v) is 3.65. The van der Waals surface area contributed by atoms with E-state index < -0.39 is 0 Å². The number of ether oxygens (including phenoxy) is 1. The Morgan fingerprint density at radius 3 is 2.52 bits per heavy atom. The molecule has 1 unspecified atom stereocenters. The van der Waals surface area contributed by atoms with E-state index in [0.29, 0.717) is 12.6 Å². The van der Waals surface area contributed by atoms with Crippen LogP contribution >= 0.6 is 11.6 Å². The van der Waals surface area contributed by atoms with E-state index in [1.807, 2.05) is 31.2 Å². The summed E-state index contributed by atoms with van der Waals surface area (Å²) >= 11 is 6.11. The van der Waals surface area contributed by atoms with Gasteiger partial charge in [0, 0.05) is 11.1 Å². The second-order valence-corrected chi connectivity index (χ2v) is 5.45. The van der Waals surface area contributed by atoms with Gasteiger partial charge in [0.1, 0.15) is 5.75 Å². The summed E-state index contributed by atoms with van der Waals surface area (Å²) in [4.78, 5) is 0. The second-order valence-electron chi connectivity index (χ2n) is 5.01. The van der Waals surface area contributed by atoms with E-state index in [-0.39, 0.29) is 0 Å². The van der Waals surface area contributed by atoms with Crippen LogP contribution < -0.4 is 10.1 Å². The average molecular weight is 304 g/mol. The predicted molar refractivity (Wildman–Crippen MR) is 90.5 cm³/mol. The Labute approximate surface area is 132 Å². The number of rotatable bonds is 7. The Bertz CT molecular complexity index is 556. The summed E-state index contributed by atoms with van der Waals surface area (Å²) in [7, 11) is 0. The van der Waals surface area contributed by atoms with Gasteiger partial charge in [-0.05, 0) is 43.5 Å². The van der Waals surface area contributed by atoms with Crippen LogP contribution in [0.15, 0.2) is 48.5 Å². The fraction of sp³-hybridized carbons (Fsp3) is 0.333. The summed E-state index contributed by atoms with van der Waals surface area (Å²) in [6, 6.07) is 16.6. The van der Waals surface area contributed by atoms with E-state index >= 15 is 0 Å². The molecule has 0 spiro atoms. The molecule has 0 saturated carbocycles. The number of nitrogens with one attached hydrogen (secondary N) is 1. The van der Waals surface area contributed by atoms with Gasteiger partial charge in [0.05, 0.1) is 12.3 Å². The van der Waals surface area contributed by atoms with E-state index in [9.17, 15) is 0 Å². The van der Waals surface area contributed by atoms with Gasteiger partial charge in [-0.2, -0.15) is 0 Å². The molecule has 0 aromatic heterocycles. The summed E-state index contributed by atoms with van der Waals surface area (Å²) in [5, 5.41) is 4.28. The van der Waals surface area contributed by atoms with Crippen molar-refractivity contribution in [3.63, 3.8) is 0 Å². The molecule has 21 heavy (non-hydrogen) atoms. The molecule has 0 saturated heterocycles. The minimum atomic E-state index is 0.352. The Kier molecular flexibility index (Phi) is 5.94. The normalized spacial score (nSPS) is 12.0. The molecule has 2 aromatic rings. The lowest BCUT2D eigenvalue weighted by Gasteiger charge is -2.21. The van der Waals surface area contributed by atoms with Crippen molar-refractivity contribution < 1.29 is 4.74 Å². The highest BCUT2D eigenvalue weighted by molar-refractivity contribution is 6.30. The Morgan fingerprint density at radius 2 is 1.86 bits per heavy atom. The monoisotopic (exact) mass is 303 g/mol. The largest absolute Gasteiger partial charge is 0.492 e. The zero-order valence-electron chi connectivity index (χ0n) is 12.6. The van der Waals surface area contributed by atoms with Gasteiger partial charge in [0.2, 0.25) is 0 Å². The fourth-order valence-electron chi connectivity index (χ4n) is 2.31. The van der Waals surface area contributed by atoms with Crippen molar-refractivity contribution in [3.8, 4) is 5.75 Å². The van der Waals surface area contributed by atoms with Gasteiger partial charge in [-0.1, -0.05) is 48.9 Å². The molecule has 0 bridgehead atoms. The second kappa shape index (κ2) is 7.94. The van der Waals surface area contributed by atoms with Crippen molar-refractivity contribution in [1.29, 1.82) is 0 Å². The van der Waals surface area contributed by atoms with Crippen LogP contribution in [-0.2, 0) is 6.42 Å². The van der Waals surface area contributed by atoms with Gasteiger partial charge in [-0.3, -0.25) is 0 Å². The molecule has 0 heterocycles. The number of hydrogen-bond donors (Lipinski definition) is 1. The topological polar surface area (TPSA) is 21.3 Å². The van der Waals surface area contributed by atoms with Gasteiger partial charge in [-0.25, -0.2) is 0 Å². The zero-order chi connectivity index (χ0) is 15.1. The van der Waals surface area contributed by atoms with Crippen molar-refractivity contribution in [2.24, 2.45) is 0 Å². The molecule has 0 aliphatic heterocycles. The van der Waals surface area contributed by atoms with E-state index in [0.717, 1.165) is 29.3 Å². The molecule has 0 amide bonds. The highest BCUT2D eigenvalue weighted by atomic mass is 35.5. The fourth-order valence-corrected chi connectivity index (χ4v) is 2.48. The lowest BCUT2D eigenvalue weighted by atomic mass is 10.0. The molecule has 2 nitrogen and oxygen atoms in total. The number of hydrogen-bond acceptors (Lipinski definition) is 2. The summed E-state index contributed by atoms with van der Waals surface area (Å²) in [6.07, 6.45) is 2.02. The van der Waals surface area contributed by atoms with Crippen molar-refractivity contribution in [3.05, 3.63) is 59.1 Å². The lowest BCUT2D eigenvalue weighted by molar-refractivity contribution is 0.341. The van der Waals surface area contributed by atoms with Crippen molar-refractivity contribution in [2.45, 2.75) is 32.7 Å². The van der Waals surface area contributed by atoms with Crippen molar-refractivity contribution >= 4 is 17.3 Å². The van der Waals surface area contributed by atoms with E-state index in [2.05, 4.69) is 36.5 Å². The first-order valence-electron chi connectivity index (χ1n) is 7.45. The first-order chi connectivity index (χ1) is 10.2. The Morgan fingerprint density at radius 1 is 1.10 bits per heavy atom. The molecule has 1 N–H and O–H groups in total. The molecule has 0 aliphatic carbocycles. The number of halogens is 1. The maximum Gasteiger partial charge on any atom is 0.142 e. The highest BCUT2D eigenvalue weighted by Crippen LogP contribution is 2.29. The summed E-state index contributed by atoms with van der Waals surface area (Å²) in [5.41, 5.74) is 2.30. The third kappa shape index (κ3) is 4.68. The molecular weight excluding hydrogens is 282 g/mol. The molecule has 3 heteroatoms. The quantitative estimate of drug-likeness (QED) is 0.761. The van der Waals surface area contributed by atoms with Gasteiger partial charge < -0.3 is 10.1 Å². The molecule has 2 rings (SSSR count). The summed E-state index contributed by atoms with van der Waals surface area (Å²) in [5.74, 6) is 0.855. The summed E-state index contributed by atoms with van der Waals surface area (Å²) < 4.78 is 5.67. The van der Waals surface area contributed by atoms with Crippen LogP contribution in [0.5, 0.6) is 5.75 Å². The van der Waals surface area contributed by atoms with Crippen molar-refractivity contribution in [2.75, 3.05) is 11.9 Å². The lowest BCUT2D eigenvalue weighted by Crippen LogP contribution is -2.21. The minimum absolute atomic E-state index is 0.352. The Hall–Kier alpha value is -1.67. The van der Waals surface area contributed by atoms with E-state index in [1.165, 1.54) is 5.56 Å². The SMILES string of the molecule is CCOc1ccc(Cl)cc1NC(CC)Cc1ccccc1. The standard InChI is InChI=1S/C18H22ClNO/c1-3-16(12-14-8-6-5-7-9-14)20-17-13-15(19)10-11-18(17)21-4-2/h5-11,13,16,20H,3-4,12H2,1-2H3. The highest BCUT2D eigenvalue weighted by Gasteiger charge is 2.11. The first-order valence-corrected chi connectivity index (χ1v) is 7.83.